The van der Waals surface area contributed by atoms with Crippen LogP contribution < -0.4 is 0 Å². The standard InChI is InChI=1S/C25H32O6/c1-5-12-22(30-18-27-3)23(19(2)29-17-20-13-8-6-9-14-20)31-25(26)24(28-4)21-15-10-7-11-16-21/h5-16,19,22-24H,17-18H2,1-4H3/b12-5+/t19-,22-,23-,24+/m0/s1. The van der Waals surface area contributed by atoms with E-state index in [0.717, 1.165) is 5.56 Å². The van der Waals surface area contributed by atoms with E-state index in [9.17, 15) is 4.79 Å². The fourth-order valence-corrected chi connectivity index (χ4v) is 3.12. The van der Waals surface area contributed by atoms with Crippen LogP contribution in [0.3, 0.4) is 0 Å². The number of methoxy groups -OCH3 is 2. The Kier molecular flexibility index (Phi) is 11.0. The lowest BCUT2D eigenvalue weighted by atomic mass is 10.1. The van der Waals surface area contributed by atoms with E-state index < -0.39 is 30.4 Å². The third-order valence-corrected chi connectivity index (χ3v) is 4.71. The fourth-order valence-electron chi connectivity index (χ4n) is 3.12. The molecule has 0 radical (unpaired) electrons. The minimum atomic E-state index is -0.848. The highest BCUT2D eigenvalue weighted by atomic mass is 16.7. The van der Waals surface area contributed by atoms with Crippen LogP contribution in [0.15, 0.2) is 72.8 Å². The number of allylic oxidation sites excluding steroid dienone is 1. The first-order chi connectivity index (χ1) is 15.1. The van der Waals surface area contributed by atoms with Crippen molar-refractivity contribution in [3.05, 3.63) is 83.9 Å². The van der Waals surface area contributed by atoms with Gasteiger partial charge in [-0.15, -0.1) is 0 Å². The van der Waals surface area contributed by atoms with Gasteiger partial charge in [0.2, 0.25) is 0 Å². The monoisotopic (exact) mass is 428 g/mol. The molecule has 0 N–H and O–H groups in total. The Labute approximate surface area is 184 Å². The van der Waals surface area contributed by atoms with Gasteiger partial charge in [0.1, 0.15) is 12.9 Å². The van der Waals surface area contributed by atoms with E-state index in [-0.39, 0.29) is 6.79 Å². The lowest BCUT2D eigenvalue weighted by molar-refractivity contribution is -0.186. The Hall–Kier alpha value is -2.51. The molecule has 31 heavy (non-hydrogen) atoms. The van der Waals surface area contributed by atoms with Crippen molar-refractivity contribution in [3.8, 4) is 0 Å². The second-order valence-corrected chi connectivity index (χ2v) is 6.99. The lowest BCUT2D eigenvalue weighted by Crippen LogP contribution is -2.43. The molecule has 2 aromatic carbocycles. The van der Waals surface area contributed by atoms with Gasteiger partial charge in [0.25, 0.3) is 0 Å². The number of ether oxygens (including phenoxy) is 5. The summed E-state index contributed by atoms with van der Waals surface area (Å²) in [5, 5.41) is 0. The number of hydrogen-bond donors (Lipinski definition) is 0. The van der Waals surface area contributed by atoms with Gasteiger partial charge in [-0.25, -0.2) is 4.79 Å². The SMILES string of the molecule is C/C=C/[C@H](OCOC)[C@@H](OC(=O)[C@H](OC)c1ccccc1)[C@H](C)OCc1ccccc1. The maximum Gasteiger partial charge on any atom is 0.340 e. The highest BCUT2D eigenvalue weighted by molar-refractivity contribution is 5.76. The topological polar surface area (TPSA) is 63.2 Å². The molecule has 2 aromatic rings. The van der Waals surface area contributed by atoms with Crippen molar-refractivity contribution in [1.29, 1.82) is 0 Å². The average Bonchev–Trinajstić information content (AvgIpc) is 2.80. The first-order valence-electron chi connectivity index (χ1n) is 10.3. The first-order valence-corrected chi connectivity index (χ1v) is 10.3. The smallest absolute Gasteiger partial charge is 0.340 e. The number of benzene rings is 2. The van der Waals surface area contributed by atoms with Crippen LogP contribution in [0.1, 0.15) is 31.1 Å². The molecule has 6 heteroatoms. The molecule has 0 heterocycles. The van der Waals surface area contributed by atoms with E-state index >= 15 is 0 Å². The maximum absolute atomic E-state index is 13.0. The Morgan fingerprint density at radius 1 is 0.968 bits per heavy atom. The molecular formula is C25H32O6. The molecule has 0 unspecified atom stereocenters. The molecular weight excluding hydrogens is 396 g/mol. The average molecular weight is 429 g/mol. The summed E-state index contributed by atoms with van der Waals surface area (Å²) in [7, 11) is 3.02. The molecule has 0 amide bonds. The molecule has 2 rings (SSSR count). The molecule has 168 valence electrons. The van der Waals surface area contributed by atoms with Crippen molar-refractivity contribution >= 4 is 5.97 Å². The van der Waals surface area contributed by atoms with Crippen LogP contribution in [-0.2, 0) is 35.1 Å². The summed E-state index contributed by atoms with van der Waals surface area (Å²) in [6.07, 6.45) is 1.12. The second kappa shape index (κ2) is 13.7. The van der Waals surface area contributed by atoms with Crippen molar-refractivity contribution in [2.75, 3.05) is 21.0 Å². The summed E-state index contributed by atoms with van der Waals surface area (Å²) in [4.78, 5) is 13.0. The van der Waals surface area contributed by atoms with Gasteiger partial charge in [0.15, 0.2) is 12.2 Å². The fraction of sp³-hybridized carbons (Fsp3) is 0.400. The molecule has 0 aliphatic heterocycles. The van der Waals surface area contributed by atoms with E-state index in [2.05, 4.69) is 0 Å². The quantitative estimate of drug-likeness (QED) is 0.267. The molecule has 0 bridgehead atoms. The van der Waals surface area contributed by atoms with E-state index in [1.54, 1.807) is 7.11 Å². The van der Waals surface area contributed by atoms with E-state index in [1.165, 1.54) is 7.11 Å². The van der Waals surface area contributed by atoms with Gasteiger partial charge in [-0.2, -0.15) is 0 Å². The van der Waals surface area contributed by atoms with Crippen molar-refractivity contribution < 1.29 is 28.5 Å². The van der Waals surface area contributed by atoms with Crippen LogP contribution in [0, 0.1) is 0 Å². The largest absolute Gasteiger partial charge is 0.454 e. The highest BCUT2D eigenvalue weighted by Gasteiger charge is 2.33. The summed E-state index contributed by atoms with van der Waals surface area (Å²) in [5.74, 6) is -0.510. The minimum absolute atomic E-state index is 0.0564. The zero-order chi connectivity index (χ0) is 22.5. The zero-order valence-electron chi connectivity index (χ0n) is 18.6. The molecule has 0 aliphatic rings. The summed E-state index contributed by atoms with van der Waals surface area (Å²) in [5.41, 5.74) is 1.74. The van der Waals surface area contributed by atoms with Crippen LogP contribution in [0.5, 0.6) is 0 Å². The van der Waals surface area contributed by atoms with E-state index in [0.29, 0.717) is 12.2 Å². The molecule has 0 aromatic heterocycles. The van der Waals surface area contributed by atoms with Crippen LogP contribution in [0.2, 0.25) is 0 Å². The third-order valence-electron chi connectivity index (χ3n) is 4.71. The van der Waals surface area contributed by atoms with Gasteiger partial charge in [0, 0.05) is 14.2 Å². The number of carbonyl (C=O) groups excluding carboxylic acids is 1. The highest BCUT2D eigenvalue weighted by Crippen LogP contribution is 2.22. The Morgan fingerprint density at radius 3 is 2.19 bits per heavy atom. The van der Waals surface area contributed by atoms with E-state index in [1.807, 2.05) is 86.7 Å². The molecule has 0 saturated heterocycles. The van der Waals surface area contributed by atoms with Crippen molar-refractivity contribution in [2.24, 2.45) is 0 Å². The van der Waals surface area contributed by atoms with Crippen LogP contribution in [0.25, 0.3) is 0 Å². The maximum atomic E-state index is 13.0. The van der Waals surface area contributed by atoms with Crippen LogP contribution in [-0.4, -0.2) is 45.3 Å². The molecule has 4 atom stereocenters. The number of esters is 1. The number of hydrogen-bond acceptors (Lipinski definition) is 6. The molecule has 6 nitrogen and oxygen atoms in total. The summed E-state index contributed by atoms with van der Waals surface area (Å²) in [6, 6.07) is 19.0. The minimum Gasteiger partial charge on any atom is -0.454 e. The van der Waals surface area contributed by atoms with Crippen molar-refractivity contribution in [2.45, 2.75) is 44.9 Å². The molecule has 0 spiro atoms. The first kappa shape index (κ1) is 24.8. The molecule has 0 aliphatic carbocycles. The van der Waals surface area contributed by atoms with Gasteiger partial charge in [0.05, 0.1) is 12.7 Å². The predicted molar refractivity (Wildman–Crippen MR) is 118 cm³/mol. The van der Waals surface area contributed by atoms with Gasteiger partial charge in [-0.3, -0.25) is 0 Å². The normalized spacial score (nSPS) is 15.4. The molecule has 0 fully saturated rings. The van der Waals surface area contributed by atoms with Gasteiger partial charge < -0.3 is 23.7 Å². The summed E-state index contributed by atoms with van der Waals surface area (Å²) < 4.78 is 28.2. The second-order valence-electron chi connectivity index (χ2n) is 6.99. The van der Waals surface area contributed by atoms with Crippen LogP contribution in [0.4, 0.5) is 0 Å². The summed E-state index contributed by atoms with van der Waals surface area (Å²) >= 11 is 0. The van der Waals surface area contributed by atoms with Gasteiger partial charge in [-0.1, -0.05) is 72.8 Å². The zero-order valence-corrected chi connectivity index (χ0v) is 18.6. The van der Waals surface area contributed by atoms with Crippen molar-refractivity contribution in [3.63, 3.8) is 0 Å². The van der Waals surface area contributed by atoms with E-state index in [4.69, 9.17) is 23.7 Å². The predicted octanol–water partition coefficient (Wildman–Crippen LogP) is 4.46. The Morgan fingerprint density at radius 2 is 1.61 bits per heavy atom. The molecule has 0 saturated carbocycles. The lowest BCUT2D eigenvalue weighted by Gasteiger charge is -2.31. The summed E-state index contributed by atoms with van der Waals surface area (Å²) in [6.45, 7) is 4.17. The Balaban J connectivity index is 2.19. The van der Waals surface area contributed by atoms with Crippen LogP contribution >= 0.6 is 0 Å². The number of rotatable bonds is 13. The number of carbonyl (C=O) groups is 1. The van der Waals surface area contributed by atoms with Gasteiger partial charge >= 0.3 is 5.97 Å². The third kappa shape index (κ3) is 7.92. The van der Waals surface area contributed by atoms with Crippen molar-refractivity contribution in [1.82, 2.24) is 0 Å². The van der Waals surface area contributed by atoms with Gasteiger partial charge in [-0.05, 0) is 25.0 Å². The Bertz CT molecular complexity index is 777.